The van der Waals surface area contributed by atoms with Crippen LogP contribution in [0.25, 0.3) is 0 Å². The molecule has 4 nitrogen and oxygen atoms in total. The summed E-state index contributed by atoms with van der Waals surface area (Å²) < 4.78 is 199. The van der Waals surface area contributed by atoms with Gasteiger partial charge >= 0.3 is 41.7 Å². The summed E-state index contributed by atoms with van der Waals surface area (Å²) in [7, 11) is 0. The minimum atomic E-state index is -8.38. The predicted molar refractivity (Wildman–Crippen MR) is 74.3 cm³/mol. The van der Waals surface area contributed by atoms with Crippen LogP contribution in [0.5, 0.6) is 5.75 Å². The van der Waals surface area contributed by atoms with Gasteiger partial charge in [-0.25, -0.2) is 0 Å². The van der Waals surface area contributed by atoms with Crippen LogP contribution in [0.4, 0.5) is 71.5 Å². The minimum absolute atomic E-state index is 0.428. The largest absolute Gasteiger partial charge is 0.487 e. The van der Waals surface area contributed by atoms with E-state index < -0.39 is 64.7 Å². The number of nitro groups is 1. The molecule has 0 atom stereocenters. The number of benzene rings is 1. The molecule has 0 saturated heterocycles. The standard InChI is InChI=1S/C14H6F15NO3/c15-8(16,5-33-7-3-1-6(2-4-7)30(31)32)9(17,18)10(19,20)11(21,22)12(23,24)13(25,26)14(27,28)29/h1-4H,5H2. The van der Waals surface area contributed by atoms with Crippen molar-refractivity contribution in [3.8, 4) is 5.75 Å². The topological polar surface area (TPSA) is 52.4 Å². The summed E-state index contributed by atoms with van der Waals surface area (Å²) in [6, 6.07) is 1.87. The molecule has 0 saturated carbocycles. The molecule has 0 aliphatic carbocycles. The van der Waals surface area contributed by atoms with Crippen molar-refractivity contribution >= 4 is 5.69 Å². The van der Waals surface area contributed by atoms with E-state index in [-0.39, 0.29) is 0 Å². The zero-order valence-corrected chi connectivity index (χ0v) is 14.9. The average molecular weight is 521 g/mol. The van der Waals surface area contributed by atoms with Gasteiger partial charge in [-0.3, -0.25) is 10.1 Å². The summed E-state index contributed by atoms with van der Waals surface area (Å²) in [5.74, 6) is -48.2. The lowest BCUT2D eigenvalue weighted by Crippen LogP contribution is -2.73. The highest BCUT2D eigenvalue weighted by Gasteiger charge is 2.93. The zero-order valence-electron chi connectivity index (χ0n) is 14.9. The van der Waals surface area contributed by atoms with Gasteiger partial charge in [0.2, 0.25) is 0 Å². The highest BCUT2D eigenvalue weighted by Crippen LogP contribution is 2.62. The van der Waals surface area contributed by atoms with Gasteiger partial charge in [0.1, 0.15) is 5.75 Å². The van der Waals surface area contributed by atoms with Gasteiger partial charge in [-0.05, 0) is 12.1 Å². The Bertz CT molecular complexity index is 864. The Labute approximate surface area is 171 Å². The fourth-order valence-electron chi connectivity index (χ4n) is 1.93. The number of alkyl halides is 15. The Kier molecular flexibility index (Phi) is 6.88. The molecule has 0 bridgehead atoms. The smallest absolute Gasteiger partial charge is 0.460 e. The summed E-state index contributed by atoms with van der Waals surface area (Å²) in [5, 5.41) is 10.4. The third kappa shape index (κ3) is 4.32. The van der Waals surface area contributed by atoms with Crippen LogP contribution < -0.4 is 4.74 Å². The molecular weight excluding hydrogens is 515 g/mol. The Balaban J connectivity index is 3.31. The van der Waals surface area contributed by atoms with Gasteiger partial charge in [0, 0.05) is 12.1 Å². The SMILES string of the molecule is O=[N+]([O-])c1ccc(OCC(F)(F)C(F)(F)C(F)(F)C(F)(F)C(F)(F)C(F)(F)C(F)(F)F)cc1. The molecule has 0 unspecified atom stereocenters. The van der Waals surface area contributed by atoms with E-state index in [2.05, 4.69) is 4.74 Å². The Morgan fingerprint density at radius 1 is 0.636 bits per heavy atom. The number of nitrogens with zero attached hydrogens (tertiary/aromatic N) is 1. The van der Waals surface area contributed by atoms with Crippen molar-refractivity contribution in [1.82, 2.24) is 0 Å². The summed E-state index contributed by atoms with van der Waals surface area (Å²) >= 11 is 0. The van der Waals surface area contributed by atoms with Gasteiger partial charge < -0.3 is 4.74 Å². The third-order valence-corrected chi connectivity index (χ3v) is 3.86. The Hall–Kier alpha value is -2.63. The minimum Gasteiger partial charge on any atom is -0.487 e. The van der Waals surface area contributed by atoms with Crippen molar-refractivity contribution in [2.75, 3.05) is 6.61 Å². The van der Waals surface area contributed by atoms with Crippen molar-refractivity contribution in [2.45, 2.75) is 41.7 Å². The molecule has 19 heteroatoms. The van der Waals surface area contributed by atoms with Gasteiger partial charge in [-0.2, -0.15) is 65.9 Å². The molecule has 0 amide bonds. The molecule has 0 spiro atoms. The van der Waals surface area contributed by atoms with Crippen LogP contribution in [0, 0.1) is 10.1 Å². The van der Waals surface area contributed by atoms with Crippen LogP contribution in [-0.2, 0) is 0 Å². The first-order valence-electron chi connectivity index (χ1n) is 7.59. The lowest BCUT2D eigenvalue weighted by molar-refractivity contribution is -0.453. The lowest BCUT2D eigenvalue weighted by atomic mass is 9.91. The van der Waals surface area contributed by atoms with Gasteiger partial charge in [0.25, 0.3) is 5.69 Å². The average Bonchev–Trinajstić information content (AvgIpc) is 2.65. The summed E-state index contributed by atoms with van der Waals surface area (Å²) in [5.41, 5.74) is -0.724. The third-order valence-electron chi connectivity index (χ3n) is 3.86. The maximum atomic E-state index is 13.6. The Morgan fingerprint density at radius 2 is 1.00 bits per heavy atom. The highest BCUT2D eigenvalue weighted by atomic mass is 19.4. The van der Waals surface area contributed by atoms with Crippen LogP contribution in [-0.4, -0.2) is 53.2 Å². The van der Waals surface area contributed by atoms with E-state index >= 15 is 0 Å². The maximum Gasteiger partial charge on any atom is 0.460 e. The van der Waals surface area contributed by atoms with E-state index in [4.69, 9.17) is 0 Å². The first-order chi connectivity index (χ1) is 14.4. The zero-order chi connectivity index (χ0) is 26.5. The molecule has 33 heavy (non-hydrogen) atoms. The number of non-ortho nitro benzene ring substituents is 1. The van der Waals surface area contributed by atoms with Crippen LogP contribution in [0.3, 0.4) is 0 Å². The van der Waals surface area contributed by atoms with Crippen LogP contribution >= 0.6 is 0 Å². The quantitative estimate of drug-likeness (QED) is 0.216. The van der Waals surface area contributed by atoms with Crippen molar-refractivity contribution in [2.24, 2.45) is 0 Å². The van der Waals surface area contributed by atoms with E-state index in [1.165, 1.54) is 0 Å². The van der Waals surface area contributed by atoms with Crippen LogP contribution in [0.15, 0.2) is 24.3 Å². The number of nitro benzene ring substituents is 1. The fourth-order valence-corrected chi connectivity index (χ4v) is 1.93. The van der Waals surface area contributed by atoms with Gasteiger partial charge in [0.05, 0.1) is 4.92 Å². The van der Waals surface area contributed by atoms with E-state index in [0.717, 1.165) is 0 Å². The van der Waals surface area contributed by atoms with Crippen molar-refractivity contribution in [3.05, 3.63) is 34.4 Å². The predicted octanol–water partition coefficient (Wildman–Crippen LogP) is 6.35. The molecule has 0 heterocycles. The molecule has 1 aromatic carbocycles. The highest BCUT2D eigenvalue weighted by molar-refractivity contribution is 5.36. The Morgan fingerprint density at radius 3 is 1.36 bits per heavy atom. The van der Waals surface area contributed by atoms with Gasteiger partial charge in [0.15, 0.2) is 6.61 Å². The second-order valence-electron chi connectivity index (χ2n) is 6.11. The molecule has 190 valence electrons. The molecule has 1 aromatic rings. The van der Waals surface area contributed by atoms with E-state index in [0.29, 0.717) is 24.3 Å². The molecule has 1 rings (SSSR count). The van der Waals surface area contributed by atoms with Crippen LogP contribution in [0.1, 0.15) is 0 Å². The monoisotopic (exact) mass is 521 g/mol. The molecule has 0 fully saturated rings. The number of halogens is 15. The molecular formula is C14H6F15NO3. The lowest BCUT2D eigenvalue weighted by Gasteiger charge is -2.41. The summed E-state index contributed by atoms with van der Waals surface area (Å²) in [4.78, 5) is 9.34. The van der Waals surface area contributed by atoms with E-state index in [1.807, 2.05) is 0 Å². The molecule has 0 aliphatic rings. The fraction of sp³-hybridized carbons (Fsp3) is 0.571. The number of hydrogen-bond acceptors (Lipinski definition) is 3. The molecule has 0 radical (unpaired) electrons. The van der Waals surface area contributed by atoms with Gasteiger partial charge in [-0.1, -0.05) is 0 Å². The van der Waals surface area contributed by atoms with Crippen molar-refractivity contribution in [1.29, 1.82) is 0 Å². The van der Waals surface area contributed by atoms with E-state index in [1.54, 1.807) is 0 Å². The van der Waals surface area contributed by atoms with Crippen molar-refractivity contribution in [3.63, 3.8) is 0 Å². The number of rotatable bonds is 9. The number of hydrogen-bond donors (Lipinski definition) is 0. The summed E-state index contributed by atoms with van der Waals surface area (Å²) in [6.07, 6.45) is -7.67. The molecule has 0 N–H and O–H groups in total. The normalized spacial score (nSPS) is 14.9. The second-order valence-corrected chi connectivity index (χ2v) is 6.11. The second kappa shape index (κ2) is 8.00. The van der Waals surface area contributed by atoms with Crippen molar-refractivity contribution < 1.29 is 75.5 Å². The first kappa shape index (κ1) is 28.4. The molecule has 0 aromatic heterocycles. The van der Waals surface area contributed by atoms with Crippen LogP contribution in [0.2, 0.25) is 0 Å². The summed E-state index contributed by atoms with van der Waals surface area (Å²) in [6.45, 7) is -3.02. The molecule has 0 aliphatic heterocycles. The van der Waals surface area contributed by atoms with Gasteiger partial charge in [-0.15, -0.1) is 0 Å². The van der Waals surface area contributed by atoms with E-state index in [9.17, 15) is 76.0 Å². The number of ether oxygens (including phenoxy) is 1. The maximum absolute atomic E-state index is 13.6. The first-order valence-corrected chi connectivity index (χ1v) is 7.59.